The molecule has 5 aliphatic rings. The topological polar surface area (TPSA) is 140 Å². The van der Waals surface area contributed by atoms with Crippen molar-refractivity contribution in [1.29, 1.82) is 0 Å². The number of carbonyl (C=O) groups is 2. The number of fused-ring (bicyclic) bond motifs is 2. The number of rotatable bonds is 4. The summed E-state index contributed by atoms with van der Waals surface area (Å²) in [5.41, 5.74) is 0.267. The van der Waals surface area contributed by atoms with Crippen LogP contribution >= 0.6 is 0 Å². The number of hydrogen-bond acceptors (Lipinski definition) is 9. The molecule has 0 radical (unpaired) electrons. The molecule has 2 saturated carbocycles. The number of cyclic esters (lactones) is 1. The lowest BCUT2D eigenvalue weighted by molar-refractivity contribution is -0.173. The number of methoxy groups -OCH3 is 1. The third-order valence-electron chi connectivity index (χ3n) is 9.71. The van der Waals surface area contributed by atoms with Crippen molar-refractivity contribution in [2.45, 2.75) is 88.5 Å². The summed E-state index contributed by atoms with van der Waals surface area (Å²) in [6.07, 6.45) is -1.01. The molecule has 0 amide bonds. The van der Waals surface area contributed by atoms with Crippen LogP contribution in [0, 0.1) is 29.6 Å². The average Bonchev–Trinajstić information content (AvgIpc) is 3.36. The molecule has 2 aliphatic carbocycles. The van der Waals surface area contributed by atoms with Crippen LogP contribution in [0.3, 0.4) is 0 Å². The zero-order chi connectivity index (χ0) is 27.1. The minimum atomic E-state index is -0.958. The molecule has 3 aliphatic heterocycles. The number of aliphatic hydroxyl groups is 2. The molecule has 10 nitrogen and oxygen atoms in total. The van der Waals surface area contributed by atoms with Crippen molar-refractivity contribution in [3.63, 3.8) is 0 Å². The monoisotopic (exact) mass is 531 g/mol. The Bertz CT molecular complexity index is 1120. The first kappa shape index (κ1) is 26.0. The number of nitrogens with one attached hydrogen (secondary N) is 1. The van der Waals surface area contributed by atoms with Crippen LogP contribution in [0.25, 0.3) is 0 Å². The van der Waals surface area contributed by atoms with E-state index in [1.165, 1.54) is 7.11 Å². The van der Waals surface area contributed by atoms with Crippen LogP contribution in [0.1, 0.15) is 44.6 Å². The van der Waals surface area contributed by atoms with Crippen molar-refractivity contribution in [3.8, 4) is 0 Å². The molecule has 1 aromatic heterocycles. The van der Waals surface area contributed by atoms with Gasteiger partial charge in [-0.25, -0.2) is 9.59 Å². The van der Waals surface area contributed by atoms with Gasteiger partial charge in [0.25, 0.3) is 0 Å². The van der Waals surface area contributed by atoms with Gasteiger partial charge in [-0.15, -0.1) is 0 Å². The molecule has 4 heterocycles. The minimum absolute atomic E-state index is 0.175. The summed E-state index contributed by atoms with van der Waals surface area (Å²) in [6.45, 7) is 7.35. The molecule has 6 rings (SSSR count). The van der Waals surface area contributed by atoms with Gasteiger partial charge in [-0.2, -0.15) is 0 Å². The second-order valence-electron chi connectivity index (χ2n) is 11.8. The van der Waals surface area contributed by atoms with E-state index in [4.69, 9.17) is 23.7 Å². The van der Waals surface area contributed by atoms with E-state index in [9.17, 15) is 19.8 Å². The molecule has 3 N–H and O–H groups in total. The molecule has 0 unspecified atom stereocenters. The lowest BCUT2D eigenvalue weighted by atomic mass is 9.55. The fourth-order valence-corrected chi connectivity index (χ4v) is 7.97. The quantitative estimate of drug-likeness (QED) is 0.300. The van der Waals surface area contributed by atoms with Crippen LogP contribution < -0.4 is 0 Å². The lowest BCUT2D eigenvalue weighted by Gasteiger charge is -2.49. The molecule has 208 valence electrons. The Morgan fingerprint density at radius 1 is 1.26 bits per heavy atom. The Morgan fingerprint density at radius 3 is 2.68 bits per heavy atom. The Balaban J connectivity index is 1.44. The number of aromatic amines is 1. The first-order valence-electron chi connectivity index (χ1n) is 13.6. The SMILES string of the molecule is CO[C@H]1C[C@H]2[C@@H]3O[C@@H]3[C@H]3[C@H]4O[C@]2(/C(C)=C/[C@@H](C)[C@@H]([C@@H](C)O)OC1=O)[C@@H]3[C@H](O)[C@@H](C)[C@H]4OC(=O)c1ccc[nH]1. The minimum Gasteiger partial charge on any atom is -0.457 e. The highest BCUT2D eigenvalue weighted by atomic mass is 16.6. The van der Waals surface area contributed by atoms with Gasteiger partial charge in [-0.1, -0.05) is 19.9 Å². The summed E-state index contributed by atoms with van der Waals surface area (Å²) >= 11 is 0. The third-order valence-corrected chi connectivity index (χ3v) is 9.71. The van der Waals surface area contributed by atoms with Gasteiger partial charge in [0.05, 0.1) is 24.4 Å². The van der Waals surface area contributed by atoms with Gasteiger partial charge in [0.1, 0.15) is 29.6 Å². The number of H-pyrrole nitrogens is 1. The predicted octanol–water partition coefficient (Wildman–Crippen LogP) is 1.61. The van der Waals surface area contributed by atoms with Crippen molar-refractivity contribution < 1.29 is 43.5 Å². The van der Waals surface area contributed by atoms with Crippen LogP contribution in [0.4, 0.5) is 0 Å². The first-order valence-corrected chi connectivity index (χ1v) is 13.6. The number of aromatic nitrogens is 1. The lowest BCUT2D eigenvalue weighted by Crippen LogP contribution is -2.61. The smallest absolute Gasteiger partial charge is 0.355 e. The molecule has 1 aromatic rings. The van der Waals surface area contributed by atoms with Crippen LogP contribution in [0.2, 0.25) is 0 Å². The molecule has 10 heteroatoms. The molecule has 38 heavy (non-hydrogen) atoms. The van der Waals surface area contributed by atoms with E-state index in [1.54, 1.807) is 25.3 Å². The van der Waals surface area contributed by atoms with Gasteiger partial charge < -0.3 is 38.9 Å². The summed E-state index contributed by atoms with van der Waals surface area (Å²) in [7, 11) is 1.46. The molecule has 2 saturated heterocycles. The summed E-state index contributed by atoms with van der Waals surface area (Å²) in [5, 5.41) is 22.3. The number of hydrogen-bond donors (Lipinski definition) is 3. The Morgan fingerprint density at radius 2 is 2.03 bits per heavy atom. The maximum atomic E-state index is 13.2. The van der Waals surface area contributed by atoms with E-state index in [0.717, 1.165) is 5.57 Å². The molecule has 0 aromatic carbocycles. The highest BCUT2D eigenvalue weighted by Gasteiger charge is 2.79. The molecular formula is C28H37NO9. The Labute approximate surface area is 221 Å². The van der Waals surface area contributed by atoms with Gasteiger partial charge >= 0.3 is 11.9 Å². The maximum absolute atomic E-state index is 13.2. The average molecular weight is 532 g/mol. The fraction of sp³-hybridized carbons (Fsp3) is 0.714. The largest absolute Gasteiger partial charge is 0.457 e. The van der Waals surface area contributed by atoms with Crippen LogP contribution in [-0.2, 0) is 28.5 Å². The highest BCUT2D eigenvalue weighted by Crippen LogP contribution is 2.68. The van der Waals surface area contributed by atoms with E-state index in [2.05, 4.69) is 4.98 Å². The number of ether oxygens (including phenoxy) is 5. The number of epoxide rings is 1. The Hall–Kier alpha value is -2.24. The molecule has 1 spiro atoms. The van der Waals surface area contributed by atoms with E-state index in [-0.39, 0.29) is 48.2 Å². The molecule has 4 fully saturated rings. The van der Waals surface area contributed by atoms with Gasteiger partial charge in [0.2, 0.25) is 0 Å². The van der Waals surface area contributed by atoms with Crippen LogP contribution in [-0.4, -0.2) is 88.7 Å². The normalized spacial score (nSPS) is 49.6. The third kappa shape index (κ3) is 3.64. The van der Waals surface area contributed by atoms with Crippen molar-refractivity contribution in [2.24, 2.45) is 29.6 Å². The van der Waals surface area contributed by atoms with Crippen molar-refractivity contribution >= 4 is 11.9 Å². The van der Waals surface area contributed by atoms with Gasteiger partial charge in [-0.05, 0) is 38.0 Å². The van der Waals surface area contributed by atoms with Crippen molar-refractivity contribution in [2.75, 3.05) is 7.11 Å². The number of esters is 2. The number of aliphatic hydroxyl groups excluding tert-OH is 2. The standard InChI is InChI=1S/C28H37NO9/c1-11-9-12(2)28-15(10-17(34-5)27(33)36-21(11)14(4)30)23-24(35-23)18-19(28)20(31)13(3)22(25(18)38-28)37-26(32)16-7-6-8-29-16/h6-9,11,13-15,17-25,29-31H,10H2,1-5H3/b12-9+/t11-,13-,14-,15+,17+,18+,19+,20-,21+,22-,23+,24-,25-,28+/m1/s1. The summed E-state index contributed by atoms with van der Waals surface area (Å²) in [6, 6.07) is 3.37. The van der Waals surface area contributed by atoms with Crippen molar-refractivity contribution in [1.82, 2.24) is 4.98 Å². The molecule has 14 atom stereocenters. The van der Waals surface area contributed by atoms with E-state index in [0.29, 0.717) is 5.69 Å². The van der Waals surface area contributed by atoms with Crippen molar-refractivity contribution in [3.05, 3.63) is 35.7 Å². The molecular weight excluding hydrogens is 494 g/mol. The van der Waals surface area contributed by atoms with Gasteiger partial charge in [0.15, 0.2) is 6.10 Å². The van der Waals surface area contributed by atoms with Crippen LogP contribution in [0.15, 0.2) is 30.0 Å². The van der Waals surface area contributed by atoms with E-state index in [1.807, 2.05) is 26.8 Å². The zero-order valence-electron chi connectivity index (χ0n) is 22.3. The van der Waals surface area contributed by atoms with Gasteiger partial charge in [0, 0.05) is 42.9 Å². The predicted molar refractivity (Wildman–Crippen MR) is 132 cm³/mol. The first-order chi connectivity index (χ1) is 18.1. The summed E-state index contributed by atoms with van der Waals surface area (Å²) in [5.74, 6) is -2.55. The summed E-state index contributed by atoms with van der Waals surface area (Å²) in [4.78, 5) is 29.0. The Kier molecular flexibility index (Phi) is 6.27. The van der Waals surface area contributed by atoms with Crippen LogP contribution in [0.5, 0.6) is 0 Å². The van der Waals surface area contributed by atoms with Gasteiger partial charge in [-0.3, -0.25) is 0 Å². The molecule has 4 bridgehead atoms. The van der Waals surface area contributed by atoms with E-state index < -0.39 is 54.2 Å². The fourth-order valence-electron chi connectivity index (χ4n) is 7.97. The second-order valence-corrected chi connectivity index (χ2v) is 11.8. The zero-order valence-corrected chi connectivity index (χ0v) is 22.3. The highest BCUT2D eigenvalue weighted by molar-refractivity contribution is 5.87. The number of carbonyl (C=O) groups excluding carboxylic acids is 2. The maximum Gasteiger partial charge on any atom is 0.355 e. The summed E-state index contributed by atoms with van der Waals surface area (Å²) < 4.78 is 30.6. The van der Waals surface area contributed by atoms with E-state index >= 15 is 0 Å². The second kappa shape index (κ2) is 9.16.